The van der Waals surface area contributed by atoms with Crippen molar-refractivity contribution >= 4 is 23.1 Å². The Morgan fingerprint density at radius 1 is 1.15 bits per heavy atom. The summed E-state index contributed by atoms with van der Waals surface area (Å²) >= 11 is 0. The lowest BCUT2D eigenvalue weighted by atomic mass is 10.0. The minimum atomic E-state index is -0.467. The first-order chi connectivity index (χ1) is 18.9. The van der Waals surface area contributed by atoms with Gasteiger partial charge in [0.2, 0.25) is 0 Å². The van der Waals surface area contributed by atoms with Crippen LogP contribution in [0.5, 0.6) is 0 Å². The fourth-order valence-corrected chi connectivity index (χ4v) is 5.61. The number of ether oxygens (including phenoxy) is 1. The second kappa shape index (κ2) is 10.1. The van der Waals surface area contributed by atoms with Crippen molar-refractivity contribution < 1.29 is 23.1 Å². The smallest absolute Gasteiger partial charge is 0.358 e. The van der Waals surface area contributed by atoms with Gasteiger partial charge in [0.25, 0.3) is 5.91 Å². The van der Waals surface area contributed by atoms with E-state index in [1.807, 2.05) is 16.7 Å². The molecule has 1 fully saturated rings. The Morgan fingerprint density at radius 3 is 2.87 bits per heavy atom. The maximum atomic E-state index is 14.6. The Labute approximate surface area is 223 Å². The Hall–Kier alpha value is -4.28. The van der Waals surface area contributed by atoms with Crippen LogP contribution in [0.3, 0.4) is 0 Å². The number of carbonyl (C=O) groups is 2. The van der Waals surface area contributed by atoms with Crippen LogP contribution in [0.25, 0.3) is 5.52 Å². The molecule has 1 saturated heterocycles. The molecule has 3 aromatic heterocycles. The van der Waals surface area contributed by atoms with Gasteiger partial charge in [0.05, 0.1) is 29.9 Å². The van der Waals surface area contributed by atoms with Crippen molar-refractivity contribution in [3.05, 3.63) is 83.2 Å². The van der Waals surface area contributed by atoms with Gasteiger partial charge >= 0.3 is 5.97 Å². The van der Waals surface area contributed by atoms with E-state index in [4.69, 9.17) is 4.74 Å². The Bertz CT molecular complexity index is 1560. The van der Waals surface area contributed by atoms with Crippen LogP contribution in [0, 0.1) is 11.6 Å². The number of anilines is 1. The van der Waals surface area contributed by atoms with Crippen molar-refractivity contribution in [1.82, 2.24) is 24.5 Å². The second-order valence-electron chi connectivity index (χ2n) is 9.91. The van der Waals surface area contributed by atoms with Crippen LogP contribution in [-0.4, -0.2) is 50.2 Å². The average molecular weight is 535 g/mol. The number of esters is 1. The van der Waals surface area contributed by atoms with Gasteiger partial charge in [-0.1, -0.05) is 0 Å². The summed E-state index contributed by atoms with van der Waals surface area (Å²) in [6.45, 7) is 3.34. The van der Waals surface area contributed by atoms with E-state index in [-0.39, 0.29) is 30.3 Å². The molecule has 1 N–H and O–H groups in total. The highest BCUT2D eigenvalue weighted by molar-refractivity contribution is 6.01. The van der Waals surface area contributed by atoms with Gasteiger partial charge in [-0.25, -0.2) is 23.1 Å². The molecule has 0 bridgehead atoms. The number of nitrogens with one attached hydrogen (secondary N) is 1. The monoisotopic (exact) mass is 534 g/mol. The van der Waals surface area contributed by atoms with Gasteiger partial charge in [-0.2, -0.15) is 5.10 Å². The zero-order valence-corrected chi connectivity index (χ0v) is 21.4. The summed E-state index contributed by atoms with van der Waals surface area (Å²) in [5, 5.41) is 7.43. The van der Waals surface area contributed by atoms with Crippen molar-refractivity contribution in [1.29, 1.82) is 0 Å². The van der Waals surface area contributed by atoms with E-state index in [0.717, 1.165) is 24.0 Å². The van der Waals surface area contributed by atoms with E-state index >= 15 is 0 Å². The molecule has 2 aliphatic rings. The first kappa shape index (κ1) is 25.0. The lowest BCUT2D eigenvalue weighted by molar-refractivity contribution is 0.0519. The molecule has 2 aliphatic heterocycles. The van der Waals surface area contributed by atoms with Gasteiger partial charge in [0.15, 0.2) is 5.69 Å². The molecule has 2 unspecified atom stereocenters. The minimum Gasteiger partial charge on any atom is -0.461 e. The zero-order chi connectivity index (χ0) is 27.1. The predicted octanol–water partition coefficient (Wildman–Crippen LogP) is 4.07. The Balaban J connectivity index is 1.21. The molecule has 4 aromatic rings. The molecule has 2 atom stereocenters. The fourth-order valence-electron chi connectivity index (χ4n) is 5.61. The van der Waals surface area contributed by atoms with Crippen LogP contribution < -0.4 is 10.2 Å². The number of pyridine rings is 1. The van der Waals surface area contributed by atoms with Gasteiger partial charge in [-0.05, 0) is 56.5 Å². The molecule has 9 nitrogen and oxygen atoms in total. The number of carbonyl (C=O) groups excluding carboxylic acids is 2. The SMILES string of the molecule is CCOC(=O)c1cn2c(n1)CC(NC(=O)c1cnn3ccc(N4CCCC4c4cc(F)ccc4F)cc13)CC2. The molecule has 39 heavy (non-hydrogen) atoms. The number of halogens is 2. The summed E-state index contributed by atoms with van der Waals surface area (Å²) < 4.78 is 37.1. The number of aryl methyl sites for hydroxylation is 1. The molecule has 0 radical (unpaired) electrons. The van der Waals surface area contributed by atoms with Gasteiger partial charge in [-0.15, -0.1) is 0 Å². The van der Waals surface area contributed by atoms with Crippen molar-refractivity contribution in [2.24, 2.45) is 0 Å². The van der Waals surface area contributed by atoms with Gasteiger partial charge in [-0.3, -0.25) is 4.79 Å². The highest BCUT2D eigenvalue weighted by atomic mass is 19.1. The first-order valence-corrected chi connectivity index (χ1v) is 13.1. The normalized spacial score (nSPS) is 18.8. The topological polar surface area (TPSA) is 93.8 Å². The van der Waals surface area contributed by atoms with E-state index in [2.05, 4.69) is 20.3 Å². The van der Waals surface area contributed by atoms with Crippen LogP contribution in [0.4, 0.5) is 14.5 Å². The van der Waals surface area contributed by atoms with E-state index in [1.54, 1.807) is 23.8 Å². The molecule has 0 aliphatic carbocycles. The summed E-state index contributed by atoms with van der Waals surface area (Å²) in [5.41, 5.74) is 2.46. The highest BCUT2D eigenvalue weighted by Gasteiger charge is 2.30. The molecule has 1 aromatic carbocycles. The number of amides is 1. The largest absolute Gasteiger partial charge is 0.461 e. The summed E-state index contributed by atoms with van der Waals surface area (Å²) in [7, 11) is 0. The van der Waals surface area contributed by atoms with Gasteiger partial charge < -0.3 is 19.5 Å². The lowest BCUT2D eigenvalue weighted by Crippen LogP contribution is -2.40. The van der Waals surface area contributed by atoms with Crippen molar-refractivity contribution in [2.45, 2.75) is 51.2 Å². The number of aromatic nitrogens is 4. The van der Waals surface area contributed by atoms with E-state index in [0.29, 0.717) is 49.0 Å². The minimum absolute atomic E-state index is 0.153. The average Bonchev–Trinajstić information content (AvgIpc) is 3.67. The summed E-state index contributed by atoms with van der Waals surface area (Å²) in [4.78, 5) is 31.8. The number of rotatable bonds is 6. The number of hydrogen-bond donors (Lipinski definition) is 1. The van der Waals surface area contributed by atoms with E-state index in [9.17, 15) is 18.4 Å². The number of imidazole rings is 1. The molecule has 0 spiro atoms. The maximum Gasteiger partial charge on any atom is 0.358 e. The van der Waals surface area contributed by atoms with Crippen LogP contribution >= 0.6 is 0 Å². The summed E-state index contributed by atoms with van der Waals surface area (Å²) in [6, 6.07) is 6.85. The third-order valence-corrected chi connectivity index (χ3v) is 7.48. The molecule has 202 valence electrons. The number of fused-ring (bicyclic) bond motifs is 2. The first-order valence-electron chi connectivity index (χ1n) is 13.1. The van der Waals surface area contributed by atoms with Crippen molar-refractivity contribution in [3.8, 4) is 0 Å². The van der Waals surface area contributed by atoms with Crippen LogP contribution in [0.2, 0.25) is 0 Å². The molecule has 1 amide bonds. The van der Waals surface area contributed by atoms with Crippen LogP contribution in [-0.2, 0) is 17.7 Å². The van der Waals surface area contributed by atoms with Crippen molar-refractivity contribution in [2.75, 3.05) is 18.1 Å². The number of nitrogens with zero attached hydrogens (tertiary/aromatic N) is 5. The van der Waals surface area contributed by atoms with Crippen molar-refractivity contribution in [3.63, 3.8) is 0 Å². The third kappa shape index (κ3) is 4.73. The molecular weight excluding hydrogens is 506 g/mol. The molecular formula is C28H28F2N6O3. The lowest BCUT2D eigenvalue weighted by Gasteiger charge is -2.27. The molecule has 5 heterocycles. The number of benzene rings is 1. The summed E-state index contributed by atoms with van der Waals surface area (Å²) in [5.74, 6) is -0.886. The molecule has 6 rings (SSSR count). The molecule has 11 heteroatoms. The standard InChI is InChI=1S/C28H28F2N6O3/c1-2-39-28(38)23-16-34-10-7-18(13-26(34)33-23)32-27(37)21-15-31-36-11-8-19(14-25(21)36)35-9-3-4-24(35)20-12-17(29)5-6-22(20)30/h5-6,8,11-12,14-16,18,24H,2-4,7,9-10,13H2,1H3,(H,32,37). The quantitative estimate of drug-likeness (QED) is 0.375. The van der Waals surface area contributed by atoms with Crippen LogP contribution in [0.15, 0.2) is 48.9 Å². The number of hydrogen-bond acceptors (Lipinski definition) is 6. The second-order valence-corrected chi connectivity index (χ2v) is 9.91. The zero-order valence-electron chi connectivity index (χ0n) is 21.4. The Kier molecular flexibility index (Phi) is 6.49. The Morgan fingerprint density at radius 2 is 2.03 bits per heavy atom. The third-order valence-electron chi connectivity index (χ3n) is 7.48. The molecule has 0 saturated carbocycles. The maximum absolute atomic E-state index is 14.6. The van der Waals surface area contributed by atoms with Crippen LogP contribution in [0.1, 0.15) is 64.5 Å². The van der Waals surface area contributed by atoms with Gasteiger partial charge in [0, 0.05) is 49.2 Å². The van der Waals surface area contributed by atoms with Gasteiger partial charge in [0.1, 0.15) is 17.5 Å². The fraction of sp³-hybridized carbons (Fsp3) is 0.357. The highest BCUT2D eigenvalue weighted by Crippen LogP contribution is 2.38. The summed E-state index contributed by atoms with van der Waals surface area (Å²) in [6.07, 6.45) is 7.72. The predicted molar refractivity (Wildman–Crippen MR) is 139 cm³/mol. The van der Waals surface area contributed by atoms with E-state index in [1.165, 1.54) is 18.3 Å². The van der Waals surface area contributed by atoms with E-state index < -0.39 is 17.6 Å².